The normalized spacial score (nSPS) is 11.8. The summed E-state index contributed by atoms with van der Waals surface area (Å²) in [6.45, 7) is 2.18. The van der Waals surface area contributed by atoms with Gasteiger partial charge in [0.05, 0.1) is 25.0 Å². The van der Waals surface area contributed by atoms with Gasteiger partial charge >= 0.3 is 5.97 Å². The predicted molar refractivity (Wildman–Crippen MR) is 78.1 cm³/mol. The Balaban J connectivity index is 2.75. The van der Waals surface area contributed by atoms with E-state index in [9.17, 15) is 13.9 Å². The van der Waals surface area contributed by atoms with E-state index in [1.807, 2.05) is 0 Å². The van der Waals surface area contributed by atoms with E-state index in [0.717, 1.165) is 0 Å². The lowest BCUT2D eigenvalue weighted by atomic mass is 10.2. The molecule has 0 amide bonds. The monoisotopic (exact) mass is 304 g/mol. The van der Waals surface area contributed by atoms with E-state index in [1.165, 1.54) is 19.4 Å². The van der Waals surface area contributed by atoms with Crippen LogP contribution in [0, 0.1) is 0 Å². The minimum Gasteiger partial charge on any atom is -0.493 e. The molecule has 0 saturated carbocycles. The zero-order chi connectivity index (χ0) is 15.2. The maximum Gasteiger partial charge on any atom is 0.338 e. The van der Waals surface area contributed by atoms with Crippen LogP contribution in [0.2, 0.25) is 0 Å². The maximum atomic E-state index is 11.6. The molecule has 0 aromatic heterocycles. The first-order valence-corrected chi connectivity index (χ1v) is 8.18. The van der Waals surface area contributed by atoms with E-state index < -0.39 is 16.6 Å². The Labute approximate surface area is 120 Å². The Morgan fingerprint density at radius 2 is 2.00 bits per heavy atom. The summed E-state index contributed by atoms with van der Waals surface area (Å²) in [6.07, 6.45) is 1.36. The molecule has 0 radical (unpaired) electrons. The third kappa shape index (κ3) is 5.28. The molecule has 0 aliphatic carbocycles. The fourth-order valence-electron chi connectivity index (χ4n) is 1.44. The number of carbonyl (C=O) groups excluding carboxylic acids is 1. The summed E-state index contributed by atoms with van der Waals surface area (Å²) in [5, 5.41) is 0. The van der Waals surface area contributed by atoms with Gasteiger partial charge in [0.2, 0.25) is 0 Å². The highest BCUT2D eigenvalue weighted by atomic mass is 32.3. The van der Waals surface area contributed by atoms with Gasteiger partial charge in [0.25, 0.3) is 0 Å². The van der Waals surface area contributed by atoms with E-state index in [2.05, 4.69) is 0 Å². The molecule has 20 heavy (non-hydrogen) atoms. The molecule has 0 aliphatic rings. The Bertz CT molecular complexity index is 455. The predicted octanol–water partition coefficient (Wildman–Crippen LogP) is 2.63. The molecule has 114 valence electrons. The van der Waals surface area contributed by atoms with Crippen molar-refractivity contribution in [2.45, 2.75) is 6.92 Å². The van der Waals surface area contributed by atoms with Crippen LogP contribution in [0.1, 0.15) is 17.3 Å². The Morgan fingerprint density at radius 3 is 2.55 bits per heavy atom. The van der Waals surface area contributed by atoms with Gasteiger partial charge in [-0.15, -0.1) is 0 Å². The fraction of sp³-hybridized carbons (Fsp3) is 0.462. The molecule has 0 atom stereocenters. The molecule has 1 aromatic carbocycles. The van der Waals surface area contributed by atoms with Gasteiger partial charge in [-0.25, -0.2) is 4.79 Å². The quantitative estimate of drug-likeness (QED) is 0.753. The average molecular weight is 304 g/mol. The number of carbonyl (C=O) groups is 1. The molecule has 2 N–H and O–H groups in total. The van der Waals surface area contributed by atoms with Crippen LogP contribution in [0.5, 0.6) is 11.5 Å². The molecule has 1 rings (SSSR count). The SMILES string of the molecule is CCOC(=O)c1ccc(OCCS(C)(O)O)c(OC)c1. The largest absolute Gasteiger partial charge is 0.493 e. The van der Waals surface area contributed by atoms with Gasteiger partial charge in [0.15, 0.2) is 11.5 Å². The Hall–Kier alpha value is -1.44. The molecule has 0 spiro atoms. The number of hydrogen-bond donors (Lipinski definition) is 2. The minimum atomic E-state index is -2.58. The van der Waals surface area contributed by atoms with E-state index in [4.69, 9.17) is 14.2 Å². The van der Waals surface area contributed by atoms with Crippen molar-refractivity contribution in [2.75, 3.05) is 32.3 Å². The van der Waals surface area contributed by atoms with Crippen molar-refractivity contribution in [1.29, 1.82) is 0 Å². The van der Waals surface area contributed by atoms with E-state index in [-0.39, 0.29) is 12.4 Å². The van der Waals surface area contributed by atoms with Crippen LogP contribution >= 0.6 is 10.6 Å². The highest BCUT2D eigenvalue weighted by Crippen LogP contribution is 2.33. The number of hydrogen-bond acceptors (Lipinski definition) is 6. The molecule has 0 aliphatic heterocycles. The summed E-state index contributed by atoms with van der Waals surface area (Å²) >= 11 is 0. The summed E-state index contributed by atoms with van der Waals surface area (Å²) in [6, 6.07) is 4.68. The molecule has 0 fully saturated rings. The van der Waals surface area contributed by atoms with Crippen LogP contribution in [0.3, 0.4) is 0 Å². The number of benzene rings is 1. The lowest BCUT2D eigenvalue weighted by Gasteiger charge is -2.26. The molecular weight excluding hydrogens is 284 g/mol. The van der Waals surface area contributed by atoms with E-state index >= 15 is 0 Å². The van der Waals surface area contributed by atoms with Crippen LogP contribution in [-0.2, 0) is 4.74 Å². The van der Waals surface area contributed by atoms with Crippen LogP contribution in [-0.4, -0.2) is 47.4 Å². The molecule has 7 heteroatoms. The van der Waals surface area contributed by atoms with Crippen LogP contribution in [0.25, 0.3) is 0 Å². The summed E-state index contributed by atoms with van der Waals surface area (Å²) in [5.41, 5.74) is 0.371. The first kappa shape index (κ1) is 16.6. The molecule has 0 bridgehead atoms. The maximum absolute atomic E-state index is 11.6. The van der Waals surface area contributed by atoms with Gasteiger partial charge in [-0.05, 0) is 25.1 Å². The number of esters is 1. The summed E-state index contributed by atoms with van der Waals surface area (Å²) in [7, 11) is -1.12. The summed E-state index contributed by atoms with van der Waals surface area (Å²) in [4.78, 5) is 11.6. The topological polar surface area (TPSA) is 85.2 Å². The summed E-state index contributed by atoms with van der Waals surface area (Å²) < 4.78 is 34.0. The molecule has 0 saturated heterocycles. The third-order valence-electron chi connectivity index (χ3n) is 2.40. The van der Waals surface area contributed by atoms with Gasteiger partial charge in [-0.1, -0.05) is 0 Å². The number of ether oxygens (including phenoxy) is 3. The van der Waals surface area contributed by atoms with E-state index in [0.29, 0.717) is 23.7 Å². The van der Waals surface area contributed by atoms with Gasteiger partial charge in [0, 0.05) is 6.26 Å². The average Bonchev–Trinajstić information content (AvgIpc) is 2.37. The molecule has 0 unspecified atom stereocenters. The van der Waals surface area contributed by atoms with Crippen molar-refractivity contribution in [3.63, 3.8) is 0 Å². The van der Waals surface area contributed by atoms with Crippen molar-refractivity contribution >= 4 is 16.6 Å². The molecule has 0 heterocycles. The van der Waals surface area contributed by atoms with Crippen LogP contribution < -0.4 is 9.47 Å². The Morgan fingerprint density at radius 1 is 1.30 bits per heavy atom. The van der Waals surface area contributed by atoms with Crippen molar-refractivity contribution in [2.24, 2.45) is 0 Å². The Kier molecular flexibility index (Phi) is 6.12. The molecule has 1 aromatic rings. The fourth-order valence-corrected chi connectivity index (χ4v) is 1.84. The van der Waals surface area contributed by atoms with Gasteiger partial charge in [-0.3, -0.25) is 9.11 Å². The second kappa shape index (κ2) is 7.37. The smallest absolute Gasteiger partial charge is 0.338 e. The first-order chi connectivity index (χ1) is 9.37. The van der Waals surface area contributed by atoms with Gasteiger partial charge < -0.3 is 14.2 Å². The zero-order valence-corrected chi connectivity index (χ0v) is 12.6. The first-order valence-electron chi connectivity index (χ1n) is 6.06. The second-order valence-corrected chi connectivity index (χ2v) is 6.53. The zero-order valence-electron chi connectivity index (χ0n) is 11.8. The minimum absolute atomic E-state index is 0.135. The van der Waals surface area contributed by atoms with Gasteiger partial charge in [0.1, 0.15) is 6.61 Å². The van der Waals surface area contributed by atoms with Crippen molar-refractivity contribution < 1.29 is 28.1 Å². The van der Waals surface area contributed by atoms with Crippen LogP contribution in [0.4, 0.5) is 0 Å². The number of methoxy groups -OCH3 is 1. The standard InChI is InChI=1S/C13H20O6S/c1-4-18-13(14)10-5-6-11(12(9-10)17-2)19-7-8-20(3,15)16/h5-6,9,15-16H,4,7-8H2,1-3H3. The van der Waals surface area contributed by atoms with Crippen molar-refractivity contribution in [1.82, 2.24) is 0 Å². The molecular formula is C13H20O6S. The molecule has 6 nitrogen and oxygen atoms in total. The van der Waals surface area contributed by atoms with E-state index in [1.54, 1.807) is 19.1 Å². The second-order valence-electron chi connectivity index (χ2n) is 4.13. The highest BCUT2D eigenvalue weighted by molar-refractivity contribution is 8.23. The lowest BCUT2D eigenvalue weighted by molar-refractivity contribution is 0.0526. The van der Waals surface area contributed by atoms with Crippen molar-refractivity contribution in [3.8, 4) is 11.5 Å². The van der Waals surface area contributed by atoms with Crippen molar-refractivity contribution in [3.05, 3.63) is 23.8 Å². The van der Waals surface area contributed by atoms with Crippen LogP contribution in [0.15, 0.2) is 18.2 Å². The highest BCUT2D eigenvalue weighted by Gasteiger charge is 2.12. The summed E-state index contributed by atoms with van der Waals surface area (Å²) in [5.74, 6) is 0.530. The third-order valence-corrected chi connectivity index (χ3v) is 3.34. The van der Waals surface area contributed by atoms with Gasteiger partial charge in [-0.2, -0.15) is 10.6 Å². The lowest BCUT2D eigenvalue weighted by Crippen LogP contribution is -2.11. The number of rotatable bonds is 7.